The second kappa shape index (κ2) is 3.95. The summed E-state index contributed by atoms with van der Waals surface area (Å²) in [5, 5.41) is 9.05. The number of halogens is 1. The number of alkyl halides is 1. The molecule has 4 heteroatoms. The zero-order chi connectivity index (χ0) is 11.1. The summed E-state index contributed by atoms with van der Waals surface area (Å²) in [4.78, 5) is 13.6. The van der Waals surface area contributed by atoms with E-state index in [4.69, 9.17) is 11.6 Å². The van der Waals surface area contributed by atoms with E-state index >= 15 is 0 Å². The fourth-order valence-corrected chi connectivity index (χ4v) is 3.23. The summed E-state index contributed by atoms with van der Waals surface area (Å²) in [6, 6.07) is 0. The maximum atomic E-state index is 11.7. The Labute approximate surface area is 95.4 Å². The van der Waals surface area contributed by atoms with Gasteiger partial charge >= 0.3 is 0 Å². The summed E-state index contributed by atoms with van der Waals surface area (Å²) >= 11 is 5.80. The predicted octanol–water partition coefficient (Wildman–Crippen LogP) is 1.23. The Morgan fingerprint density at radius 1 is 1.73 bits per heavy atom. The highest BCUT2D eigenvalue weighted by Gasteiger charge is 2.50. The van der Waals surface area contributed by atoms with Crippen molar-refractivity contribution in [2.75, 3.05) is 19.7 Å². The van der Waals surface area contributed by atoms with Gasteiger partial charge in [0.05, 0.1) is 6.61 Å². The lowest BCUT2D eigenvalue weighted by Crippen LogP contribution is -2.37. The van der Waals surface area contributed by atoms with Gasteiger partial charge in [0.15, 0.2) is 0 Å². The highest BCUT2D eigenvalue weighted by atomic mass is 35.5. The fourth-order valence-electron chi connectivity index (χ4n) is 3.09. The molecule has 2 rings (SSSR count). The first kappa shape index (κ1) is 11.2. The van der Waals surface area contributed by atoms with Crippen LogP contribution in [0.25, 0.3) is 0 Å². The van der Waals surface area contributed by atoms with Gasteiger partial charge in [0.25, 0.3) is 0 Å². The topological polar surface area (TPSA) is 40.5 Å². The first-order valence-corrected chi connectivity index (χ1v) is 6.06. The highest BCUT2D eigenvalue weighted by molar-refractivity contribution is 6.30. The molecule has 1 saturated carbocycles. The molecule has 1 N–H and O–H groups in total. The Balaban J connectivity index is 2.08. The summed E-state index contributed by atoms with van der Waals surface area (Å²) in [5.41, 5.74) is -0.0125. The largest absolute Gasteiger partial charge is 0.396 e. The molecule has 0 aromatic heterocycles. The minimum Gasteiger partial charge on any atom is -0.396 e. The highest BCUT2D eigenvalue weighted by Crippen LogP contribution is 2.48. The van der Waals surface area contributed by atoms with E-state index in [2.05, 4.69) is 0 Å². The molecule has 0 aromatic carbocycles. The number of amides is 1. The van der Waals surface area contributed by atoms with Gasteiger partial charge in [-0.15, -0.1) is 11.6 Å². The molecule has 1 saturated heterocycles. The van der Waals surface area contributed by atoms with Crippen molar-refractivity contribution in [1.29, 1.82) is 0 Å². The van der Waals surface area contributed by atoms with Crippen LogP contribution in [-0.2, 0) is 4.79 Å². The maximum Gasteiger partial charge on any atom is 0.240 e. The van der Waals surface area contributed by atoms with Crippen LogP contribution in [0.3, 0.4) is 0 Å². The number of likely N-dealkylation sites (tertiary alicyclic amines) is 1. The van der Waals surface area contributed by atoms with Crippen molar-refractivity contribution in [3.63, 3.8) is 0 Å². The van der Waals surface area contributed by atoms with Crippen molar-refractivity contribution in [3.8, 4) is 0 Å². The van der Waals surface area contributed by atoms with Gasteiger partial charge in [-0.2, -0.15) is 0 Å². The number of carbonyl (C=O) groups is 1. The molecule has 1 aliphatic carbocycles. The van der Waals surface area contributed by atoms with E-state index in [-0.39, 0.29) is 17.9 Å². The van der Waals surface area contributed by atoms with Crippen molar-refractivity contribution in [1.82, 2.24) is 4.90 Å². The third-order valence-electron chi connectivity index (χ3n) is 4.01. The monoisotopic (exact) mass is 231 g/mol. The van der Waals surface area contributed by atoms with Crippen LogP contribution in [0.4, 0.5) is 0 Å². The zero-order valence-corrected chi connectivity index (χ0v) is 9.83. The van der Waals surface area contributed by atoms with Gasteiger partial charge in [-0.3, -0.25) is 4.79 Å². The average molecular weight is 232 g/mol. The molecule has 1 amide bonds. The van der Waals surface area contributed by atoms with E-state index in [1.54, 1.807) is 6.92 Å². The molecule has 3 atom stereocenters. The van der Waals surface area contributed by atoms with Crippen LogP contribution in [0.1, 0.15) is 26.2 Å². The first-order chi connectivity index (χ1) is 7.09. The van der Waals surface area contributed by atoms with Crippen LogP contribution in [0.5, 0.6) is 0 Å². The number of fused-ring (bicyclic) bond motifs is 1. The van der Waals surface area contributed by atoms with Gasteiger partial charge in [0.1, 0.15) is 5.38 Å². The molecule has 0 unspecified atom stereocenters. The Bertz CT molecular complexity index is 269. The third kappa shape index (κ3) is 1.76. The molecule has 3 nitrogen and oxygen atoms in total. The van der Waals surface area contributed by atoms with Crippen LogP contribution < -0.4 is 0 Å². The molecule has 1 heterocycles. The first-order valence-electron chi connectivity index (χ1n) is 5.63. The number of hydrogen-bond donors (Lipinski definition) is 1. The van der Waals surface area contributed by atoms with Crippen LogP contribution >= 0.6 is 11.6 Å². The van der Waals surface area contributed by atoms with E-state index in [1.165, 1.54) is 6.42 Å². The van der Waals surface area contributed by atoms with Gasteiger partial charge in [-0.25, -0.2) is 0 Å². The Morgan fingerprint density at radius 3 is 3.00 bits per heavy atom. The third-order valence-corrected chi connectivity index (χ3v) is 4.19. The van der Waals surface area contributed by atoms with E-state index < -0.39 is 5.38 Å². The second-order valence-corrected chi connectivity index (χ2v) is 5.60. The number of nitrogens with zero attached hydrogens (tertiary/aromatic N) is 1. The fraction of sp³-hybridized carbons (Fsp3) is 0.909. The maximum absolute atomic E-state index is 11.7. The predicted molar refractivity (Wildman–Crippen MR) is 58.8 cm³/mol. The minimum absolute atomic E-state index is 0.0125. The summed E-state index contributed by atoms with van der Waals surface area (Å²) in [5.74, 6) is 0.501. The van der Waals surface area contributed by atoms with Crippen molar-refractivity contribution >= 4 is 17.5 Å². The van der Waals surface area contributed by atoms with Gasteiger partial charge < -0.3 is 10.0 Å². The van der Waals surface area contributed by atoms with Crippen LogP contribution in [0.2, 0.25) is 0 Å². The van der Waals surface area contributed by atoms with Crippen LogP contribution in [0, 0.1) is 11.3 Å². The molecule has 1 aliphatic heterocycles. The molecular weight excluding hydrogens is 214 g/mol. The molecular formula is C11H18ClNO2. The lowest BCUT2D eigenvalue weighted by molar-refractivity contribution is -0.130. The normalized spacial score (nSPS) is 36.7. The van der Waals surface area contributed by atoms with E-state index in [0.29, 0.717) is 12.5 Å². The van der Waals surface area contributed by atoms with E-state index in [9.17, 15) is 9.90 Å². The number of rotatable bonds is 2. The zero-order valence-electron chi connectivity index (χ0n) is 9.08. The van der Waals surface area contributed by atoms with Crippen molar-refractivity contribution in [3.05, 3.63) is 0 Å². The number of hydrogen-bond acceptors (Lipinski definition) is 2. The van der Waals surface area contributed by atoms with Crippen molar-refractivity contribution in [2.24, 2.45) is 11.3 Å². The lowest BCUT2D eigenvalue weighted by Gasteiger charge is -2.26. The van der Waals surface area contributed by atoms with Crippen molar-refractivity contribution < 1.29 is 9.90 Å². The number of carbonyl (C=O) groups excluding carboxylic acids is 1. The molecule has 0 radical (unpaired) electrons. The lowest BCUT2D eigenvalue weighted by atomic mass is 9.82. The SMILES string of the molecule is C[C@H](Cl)C(=O)N1C[C@@H]2CCC[C@@]2(CO)C1. The van der Waals surface area contributed by atoms with Gasteiger partial charge in [0, 0.05) is 18.5 Å². The minimum atomic E-state index is -0.445. The Kier molecular flexibility index (Phi) is 2.95. The summed E-state index contributed by atoms with van der Waals surface area (Å²) in [7, 11) is 0. The van der Waals surface area contributed by atoms with E-state index in [1.807, 2.05) is 4.90 Å². The van der Waals surface area contributed by atoms with Gasteiger partial charge in [-0.05, 0) is 25.7 Å². The van der Waals surface area contributed by atoms with Crippen LogP contribution in [-0.4, -0.2) is 41.0 Å². The summed E-state index contributed by atoms with van der Waals surface area (Å²) in [6.07, 6.45) is 3.37. The summed E-state index contributed by atoms with van der Waals surface area (Å²) in [6.45, 7) is 3.40. The molecule has 0 aromatic rings. The van der Waals surface area contributed by atoms with Crippen molar-refractivity contribution in [2.45, 2.75) is 31.6 Å². The van der Waals surface area contributed by atoms with Crippen LogP contribution in [0.15, 0.2) is 0 Å². The van der Waals surface area contributed by atoms with Gasteiger partial charge in [-0.1, -0.05) is 6.42 Å². The molecule has 15 heavy (non-hydrogen) atoms. The quantitative estimate of drug-likeness (QED) is 0.727. The molecule has 2 fully saturated rings. The molecule has 0 bridgehead atoms. The summed E-state index contributed by atoms with van der Waals surface area (Å²) < 4.78 is 0. The number of aliphatic hydroxyl groups is 1. The molecule has 0 spiro atoms. The average Bonchev–Trinajstić information content (AvgIpc) is 2.72. The number of aliphatic hydroxyl groups excluding tert-OH is 1. The van der Waals surface area contributed by atoms with E-state index in [0.717, 1.165) is 19.4 Å². The molecule has 86 valence electrons. The molecule has 2 aliphatic rings. The van der Waals surface area contributed by atoms with Gasteiger partial charge in [0.2, 0.25) is 5.91 Å². The Hall–Kier alpha value is -0.280. The Morgan fingerprint density at radius 2 is 2.47 bits per heavy atom. The standard InChI is InChI=1S/C11H18ClNO2/c1-8(12)10(15)13-5-9-3-2-4-11(9,6-13)7-14/h8-9,14H,2-7H2,1H3/t8-,9-,11-/m0/s1. The second-order valence-electron chi connectivity index (χ2n) is 4.94. The smallest absolute Gasteiger partial charge is 0.240 e.